The van der Waals surface area contributed by atoms with Gasteiger partial charge in [0.1, 0.15) is 0 Å². The predicted octanol–water partition coefficient (Wildman–Crippen LogP) is 5.40. The van der Waals surface area contributed by atoms with Crippen molar-refractivity contribution in [3.63, 3.8) is 0 Å². The zero-order chi connectivity index (χ0) is 16.5. The van der Waals surface area contributed by atoms with Crippen LogP contribution in [0.1, 0.15) is 10.4 Å². The number of carbonyl (C=O) groups excluding carboxylic acids is 1. The molecule has 2 aromatic carbocycles. The minimum atomic E-state index is -0.306. The lowest BCUT2D eigenvalue weighted by Crippen LogP contribution is -2.02. The molecule has 0 bridgehead atoms. The Labute approximate surface area is 140 Å². The lowest BCUT2D eigenvalue weighted by Gasteiger charge is -2.08. The smallest absolute Gasteiger partial charge is 0.339 e. The van der Waals surface area contributed by atoms with Crippen LogP contribution in [-0.2, 0) is 4.74 Å². The molecule has 0 aliphatic heterocycles. The summed E-state index contributed by atoms with van der Waals surface area (Å²) in [4.78, 5) is 12.5. The van der Waals surface area contributed by atoms with Gasteiger partial charge in [-0.25, -0.2) is 4.79 Å². The standard InChI is InChI=1S/C22H16O2/c1-24-22(23)21-18-12-4-2-3-9-16(18)14-20(21)19-13-7-10-15-8-5-6-11-17(15)19/h2-14H,1H3. The van der Waals surface area contributed by atoms with Crippen LogP contribution < -0.4 is 0 Å². The minimum Gasteiger partial charge on any atom is -0.465 e. The average molecular weight is 312 g/mol. The number of rotatable bonds is 2. The summed E-state index contributed by atoms with van der Waals surface area (Å²) >= 11 is 0. The molecule has 0 unspecified atom stereocenters. The van der Waals surface area contributed by atoms with Crippen LogP contribution in [0.3, 0.4) is 0 Å². The van der Waals surface area contributed by atoms with E-state index in [4.69, 9.17) is 4.74 Å². The molecular formula is C22H16O2. The van der Waals surface area contributed by atoms with Gasteiger partial charge in [0, 0.05) is 0 Å². The topological polar surface area (TPSA) is 26.3 Å². The summed E-state index contributed by atoms with van der Waals surface area (Å²) < 4.78 is 5.07. The van der Waals surface area contributed by atoms with Crippen molar-refractivity contribution in [2.45, 2.75) is 0 Å². The summed E-state index contributed by atoms with van der Waals surface area (Å²) in [5.41, 5.74) is 4.53. The number of fused-ring (bicyclic) bond motifs is 2. The van der Waals surface area contributed by atoms with E-state index in [2.05, 4.69) is 30.3 Å². The maximum absolute atomic E-state index is 12.5. The van der Waals surface area contributed by atoms with Crippen LogP contribution in [0.2, 0.25) is 0 Å². The molecule has 0 saturated carbocycles. The quantitative estimate of drug-likeness (QED) is 0.463. The zero-order valence-electron chi connectivity index (χ0n) is 13.3. The van der Waals surface area contributed by atoms with Gasteiger partial charge < -0.3 is 4.74 Å². The molecule has 24 heavy (non-hydrogen) atoms. The third kappa shape index (κ3) is 2.24. The van der Waals surface area contributed by atoms with Crippen LogP contribution in [-0.4, -0.2) is 13.1 Å². The first kappa shape index (κ1) is 14.5. The van der Waals surface area contributed by atoms with Gasteiger partial charge in [-0.05, 0) is 39.1 Å². The van der Waals surface area contributed by atoms with E-state index in [1.807, 2.05) is 48.5 Å². The van der Waals surface area contributed by atoms with E-state index in [-0.39, 0.29) is 5.97 Å². The van der Waals surface area contributed by atoms with Gasteiger partial charge in [-0.1, -0.05) is 72.8 Å². The van der Waals surface area contributed by atoms with Crippen LogP contribution in [0.4, 0.5) is 0 Å². The minimum absolute atomic E-state index is 0.306. The van der Waals surface area contributed by atoms with Crippen LogP contribution in [0.15, 0.2) is 78.9 Å². The van der Waals surface area contributed by atoms with E-state index >= 15 is 0 Å². The Hall–Kier alpha value is -3.13. The van der Waals surface area contributed by atoms with Crippen molar-refractivity contribution < 1.29 is 9.53 Å². The molecule has 2 heteroatoms. The lowest BCUT2D eigenvalue weighted by atomic mass is 9.97. The molecule has 0 fully saturated rings. The van der Waals surface area contributed by atoms with Crippen molar-refractivity contribution >= 4 is 16.7 Å². The molecule has 2 nitrogen and oxygen atoms in total. The van der Waals surface area contributed by atoms with Gasteiger partial charge in [0.2, 0.25) is 0 Å². The van der Waals surface area contributed by atoms with Gasteiger partial charge in [-0.2, -0.15) is 0 Å². The second kappa shape index (κ2) is 5.82. The Morgan fingerprint density at radius 3 is 2.33 bits per heavy atom. The number of carbonyl (C=O) groups is 1. The molecule has 2 aromatic rings. The Morgan fingerprint density at radius 1 is 0.750 bits per heavy atom. The van der Waals surface area contributed by atoms with Crippen LogP contribution >= 0.6 is 0 Å². The number of ether oxygens (including phenoxy) is 1. The summed E-state index contributed by atoms with van der Waals surface area (Å²) in [5, 5.41) is 2.28. The van der Waals surface area contributed by atoms with E-state index in [9.17, 15) is 4.79 Å². The fourth-order valence-corrected chi connectivity index (χ4v) is 3.28. The van der Waals surface area contributed by atoms with E-state index in [1.54, 1.807) is 0 Å². The fourth-order valence-electron chi connectivity index (χ4n) is 3.28. The van der Waals surface area contributed by atoms with E-state index in [1.165, 1.54) is 7.11 Å². The number of benzene rings is 2. The van der Waals surface area contributed by atoms with Crippen molar-refractivity contribution in [1.29, 1.82) is 0 Å². The summed E-state index contributed by atoms with van der Waals surface area (Å²) in [6.07, 6.45) is 0. The molecule has 0 atom stereocenters. The average Bonchev–Trinajstić information content (AvgIpc) is 2.83. The third-order valence-electron chi connectivity index (χ3n) is 4.38. The Balaban J connectivity index is 2.09. The molecule has 0 saturated heterocycles. The number of hydrogen-bond donors (Lipinski definition) is 0. The summed E-state index contributed by atoms with van der Waals surface area (Å²) in [5.74, 6) is -0.306. The van der Waals surface area contributed by atoms with Gasteiger partial charge in [0.05, 0.1) is 12.7 Å². The second-order valence-electron chi connectivity index (χ2n) is 5.73. The maximum Gasteiger partial charge on any atom is 0.339 e. The largest absolute Gasteiger partial charge is 0.465 e. The summed E-state index contributed by atoms with van der Waals surface area (Å²) in [7, 11) is 1.43. The van der Waals surface area contributed by atoms with Crippen molar-refractivity contribution in [2.24, 2.45) is 0 Å². The highest BCUT2D eigenvalue weighted by atomic mass is 16.5. The lowest BCUT2D eigenvalue weighted by molar-refractivity contribution is 0.0603. The first-order valence-electron chi connectivity index (χ1n) is 7.88. The van der Waals surface area contributed by atoms with Crippen molar-refractivity contribution in [1.82, 2.24) is 0 Å². The predicted molar refractivity (Wildman–Crippen MR) is 97.3 cm³/mol. The van der Waals surface area contributed by atoms with E-state index in [0.29, 0.717) is 5.56 Å². The highest BCUT2D eigenvalue weighted by Crippen LogP contribution is 2.40. The van der Waals surface area contributed by atoms with E-state index < -0.39 is 0 Å². The SMILES string of the molecule is COC(=O)c1c2cccccc-2cc1-c1cccc2ccccc12. The van der Waals surface area contributed by atoms with Gasteiger partial charge in [-0.15, -0.1) is 0 Å². The summed E-state index contributed by atoms with van der Waals surface area (Å²) in [6.45, 7) is 0. The molecule has 4 rings (SSSR count). The van der Waals surface area contributed by atoms with Gasteiger partial charge >= 0.3 is 5.97 Å². The molecule has 0 radical (unpaired) electrons. The fraction of sp³-hybridized carbons (Fsp3) is 0.0455. The third-order valence-corrected chi connectivity index (χ3v) is 4.38. The highest BCUT2D eigenvalue weighted by molar-refractivity contribution is 6.10. The van der Waals surface area contributed by atoms with Crippen LogP contribution in [0.5, 0.6) is 0 Å². The van der Waals surface area contributed by atoms with E-state index in [0.717, 1.165) is 33.0 Å². The first-order chi connectivity index (χ1) is 11.8. The highest BCUT2D eigenvalue weighted by Gasteiger charge is 2.23. The molecule has 2 aliphatic carbocycles. The maximum atomic E-state index is 12.5. The molecule has 116 valence electrons. The summed E-state index contributed by atoms with van der Waals surface area (Å²) in [6, 6.07) is 26.3. The monoisotopic (exact) mass is 312 g/mol. The Kier molecular flexibility index (Phi) is 3.51. The van der Waals surface area contributed by atoms with Gasteiger partial charge in [0.25, 0.3) is 0 Å². The Bertz CT molecular complexity index is 1010. The first-order valence-corrected chi connectivity index (χ1v) is 7.88. The van der Waals surface area contributed by atoms with Crippen LogP contribution in [0.25, 0.3) is 33.0 Å². The van der Waals surface area contributed by atoms with Crippen LogP contribution in [0, 0.1) is 0 Å². The van der Waals surface area contributed by atoms with Crippen molar-refractivity contribution in [3.05, 3.63) is 84.4 Å². The molecule has 0 amide bonds. The molecule has 0 aromatic heterocycles. The molecule has 0 heterocycles. The van der Waals surface area contributed by atoms with Gasteiger partial charge in [-0.3, -0.25) is 0 Å². The molecular weight excluding hydrogens is 296 g/mol. The normalized spacial score (nSPS) is 10.9. The van der Waals surface area contributed by atoms with Crippen molar-refractivity contribution in [2.75, 3.05) is 7.11 Å². The number of esters is 1. The zero-order valence-corrected chi connectivity index (χ0v) is 13.3. The van der Waals surface area contributed by atoms with Gasteiger partial charge in [0.15, 0.2) is 0 Å². The molecule has 2 aliphatic rings. The molecule has 0 N–H and O–H groups in total. The van der Waals surface area contributed by atoms with Crippen molar-refractivity contribution in [3.8, 4) is 22.3 Å². The number of methoxy groups -OCH3 is 1. The Morgan fingerprint density at radius 2 is 1.46 bits per heavy atom. The molecule has 0 spiro atoms. The second-order valence-corrected chi connectivity index (χ2v) is 5.73. The number of hydrogen-bond acceptors (Lipinski definition) is 2.